The van der Waals surface area contributed by atoms with Gasteiger partial charge in [-0.25, -0.2) is 5.43 Å². The summed E-state index contributed by atoms with van der Waals surface area (Å²) in [7, 11) is 0. The summed E-state index contributed by atoms with van der Waals surface area (Å²) in [6.07, 6.45) is 4.56. The molecule has 0 spiro atoms. The molecule has 7 heteroatoms. The number of aromatic nitrogens is 1. The van der Waals surface area contributed by atoms with E-state index in [9.17, 15) is 9.90 Å². The monoisotopic (exact) mass is 367 g/mol. The van der Waals surface area contributed by atoms with Crippen LogP contribution >= 0.6 is 0 Å². The van der Waals surface area contributed by atoms with Crippen LogP contribution in [0.5, 0.6) is 5.88 Å². The second kappa shape index (κ2) is 8.16. The van der Waals surface area contributed by atoms with Gasteiger partial charge in [0.05, 0.1) is 23.0 Å². The largest absolute Gasteiger partial charge is 0.494 e. The van der Waals surface area contributed by atoms with Gasteiger partial charge in [0.1, 0.15) is 0 Å². The summed E-state index contributed by atoms with van der Waals surface area (Å²) < 4.78 is 1.84. The maximum absolute atomic E-state index is 11.3. The SMILES string of the molecule is CCCC(C)=N/N=C/c1c(O)n(CC)c2ccc(C3=NNC(=O)CC3)cc12. The van der Waals surface area contributed by atoms with Gasteiger partial charge >= 0.3 is 0 Å². The summed E-state index contributed by atoms with van der Waals surface area (Å²) in [5, 5.41) is 24.1. The van der Waals surface area contributed by atoms with Gasteiger partial charge in [0.25, 0.3) is 0 Å². The minimum Gasteiger partial charge on any atom is -0.494 e. The van der Waals surface area contributed by atoms with Crippen LogP contribution < -0.4 is 5.43 Å². The maximum Gasteiger partial charge on any atom is 0.240 e. The summed E-state index contributed by atoms with van der Waals surface area (Å²) in [5.41, 5.74) is 6.82. The van der Waals surface area contributed by atoms with E-state index in [0.29, 0.717) is 24.9 Å². The van der Waals surface area contributed by atoms with Crippen LogP contribution in [0.4, 0.5) is 0 Å². The number of carbonyl (C=O) groups excluding carboxylic acids is 1. The van der Waals surface area contributed by atoms with E-state index in [0.717, 1.165) is 40.7 Å². The molecule has 2 N–H and O–H groups in total. The van der Waals surface area contributed by atoms with E-state index in [1.54, 1.807) is 6.21 Å². The van der Waals surface area contributed by atoms with Crippen molar-refractivity contribution in [3.63, 3.8) is 0 Å². The number of aromatic hydroxyl groups is 1. The Morgan fingerprint density at radius 2 is 2.19 bits per heavy atom. The van der Waals surface area contributed by atoms with Gasteiger partial charge in [0.15, 0.2) is 0 Å². The van der Waals surface area contributed by atoms with Gasteiger partial charge < -0.3 is 9.67 Å². The fraction of sp³-hybridized carbons (Fsp3) is 0.400. The third kappa shape index (κ3) is 3.92. The molecule has 27 heavy (non-hydrogen) atoms. The molecule has 7 nitrogen and oxygen atoms in total. The van der Waals surface area contributed by atoms with Gasteiger partial charge in [-0.05, 0) is 38.0 Å². The molecule has 2 aromatic rings. The van der Waals surface area contributed by atoms with Crippen LogP contribution in [0.1, 0.15) is 57.6 Å². The number of amides is 1. The zero-order valence-corrected chi connectivity index (χ0v) is 16.0. The van der Waals surface area contributed by atoms with Gasteiger partial charge in [-0.15, -0.1) is 0 Å². The van der Waals surface area contributed by atoms with E-state index in [1.807, 2.05) is 36.6 Å². The first kappa shape index (κ1) is 18.8. The first-order valence-electron chi connectivity index (χ1n) is 9.32. The zero-order chi connectivity index (χ0) is 19.4. The Morgan fingerprint density at radius 3 is 2.85 bits per heavy atom. The van der Waals surface area contributed by atoms with Gasteiger partial charge in [-0.3, -0.25) is 4.79 Å². The number of fused-ring (bicyclic) bond motifs is 1. The molecule has 0 bridgehead atoms. The highest BCUT2D eigenvalue weighted by Crippen LogP contribution is 2.31. The predicted octanol–water partition coefficient (Wildman–Crippen LogP) is 3.58. The van der Waals surface area contributed by atoms with Crippen LogP contribution in [-0.4, -0.2) is 33.2 Å². The topological polar surface area (TPSA) is 91.3 Å². The van der Waals surface area contributed by atoms with Crippen molar-refractivity contribution < 1.29 is 9.90 Å². The lowest BCUT2D eigenvalue weighted by Gasteiger charge is -2.12. The lowest BCUT2D eigenvalue weighted by Crippen LogP contribution is -2.25. The molecule has 0 aliphatic carbocycles. The van der Waals surface area contributed by atoms with Crippen LogP contribution in [0.25, 0.3) is 10.9 Å². The fourth-order valence-electron chi connectivity index (χ4n) is 3.27. The normalized spacial score (nSPS) is 15.4. The standard InChI is InChI=1S/C20H25N5O2/c1-4-6-13(3)22-21-12-16-15-11-14(17-8-10-19(26)24-23-17)7-9-18(15)25(5-2)20(16)27/h7,9,11-12,27H,4-6,8,10H2,1-3H3,(H,24,26)/b21-12+,22-13?. The van der Waals surface area contributed by atoms with Crippen molar-refractivity contribution in [1.29, 1.82) is 0 Å². The Hall–Kier alpha value is -2.96. The highest BCUT2D eigenvalue weighted by atomic mass is 16.3. The van der Waals surface area contributed by atoms with Crippen molar-refractivity contribution in [1.82, 2.24) is 9.99 Å². The maximum atomic E-state index is 11.3. The molecular weight excluding hydrogens is 342 g/mol. The van der Waals surface area contributed by atoms with E-state index in [4.69, 9.17) is 0 Å². The number of aryl methyl sites for hydroxylation is 1. The van der Waals surface area contributed by atoms with Crippen LogP contribution in [0.3, 0.4) is 0 Å². The number of nitrogens with one attached hydrogen (secondary N) is 1. The lowest BCUT2D eigenvalue weighted by molar-refractivity contribution is -0.121. The van der Waals surface area contributed by atoms with Crippen molar-refractivity contribution in [2.45, 2.75) is 53.0 Å². The lowest BCUT2D eigenvalue weighted by atomic mass is 10.0. The fourth-order valence-corrected chi connectivity index (χ4v) is 3.27. The van der Waals surface area contributed by atoms with Crippen LogP contribution in [0, 0.1) is 0 Å². The smallest absolute Gasteiger partial charge is 0.240 e. The molecule has 0 fully saturated rings. The minimum absolute atomic E-state index is 0.0669. The Balaban J connectivity index is 2.05. The van der Waals surface area contributed by atoms with Crippen molar-refractivity contribution in [2.75, 3.05) is 0 Å². The number of nitrogens with zero attached hydrogens (tertiary/aromatic N) is 4. The first-order chi connectivity index (χ1) is 13.0. The summed E-state index contributed by atoms with van der Waals surface area (Å²) in [6, 6.07) is 5.92. The van der Waals surface area contributed by atoms with E-state index >= 15 is 0 Å². The second-order valence-electron chi connectivity index (χ2n) is 6.64. The summed E-state index contributed by atoms with van der Waals surface area (Å²) in [6.45, 7) is 6.67. The Bertz CT molecular complexity index is 953. The van der Waals surface area contributed by atoms with E-state index in [-0.39, 0.29) is 11.8 Å². The molecule has 2 heterocycles. The predicted molar refractivity (Wildman–Crippen MR) is 109 cm³/mol. The average Bonchev–Trinajstić information content (AvgIpc) is 2.93. The Morgan fingerprint density at radius 1 is 1.37 bits per heavy atom. The van der Waals surface area contributed by atoms with Gasteiger partial charge in [0.2, 0.25) is 11.8 Å². The number of hydrazone groups is 1. The van der Waals surface area contributed by atoms with Crippen LogP contribution in [0.15, 0.2) is 33.5 Å². The number of hydrogen-bond acceptors (Lipinski definition) is 5. The molecule has 0 atom stereocenters. The Labute approximate surface area is 158 Å². The molecule has 1 aliphatic heterocycles. The van der Waals surface area contributed by atoms with E-state index in [2.05, 4.69) is 27.7 Å². The van der Waals surface area contributed by atoms with Crippen molar-refractivity contribution in [3.8, 4) is 5.88 Å². The summed E-state index contributed by atoms with van der Waals surface area (Å²) >= 11 is 0. The van der Waals surface area contributed by atoms with Crippen LogP contribution in [-0.2, 0) is 11.3 Å². The molecule has 0 radical (unpaired) electrons. The summed E-state index contributed by atoms with van der Waals surface area (Å²) in [5.74, 6) is 0.110. The molecule has 0 saturated heterocycles. The highest BCUT2D eigenvalue weighted by molar-refractivity contribution is 6.09. The second-order valence-corrected chi connectivity index (χ2v) is 6.64. The van der Waals surface area contributed by atoms with Gasteiger partial charge in [0, 0.05) is 30.5 Å². The number of hydrogen-bond donors (Lipinski definition) is 2. The molecule has 142 valence electrons. The third-order valence-electron chi connectivity index (χ3n) is 4.66. The number of benzene rings is 1. The summed E-state index contributed by atoms with van der Waals surface area (Å²) in [4.78, 5) is 11.3. The molecule has 1 amide bonds. The molecular formula is C20H25N5O2. The van der Waals surface area contributed by atoms with E-state index in [1.165, 1.54) is 0 Å². The zero-order valence-electron chi connectivity index (χ0n) is 16.0. The molecule has 0 unspecified atom stereocenters. The molecule has 0 saturated carbocycles. The Kier molecular flexibility index (Phi) is 5.69. The van der Waals surface area contributed by atoms with Crippen molar-refractivity contribution >= 4 is 34.4 Å². The molecule has 3 rings (SSSR count). The van der Waals surface area contributed by atoms with Gasteiger partial charge in [-0.1, -0.05) is 19.4 Å². The molecule has 1 aromatic carbocycles. The first-order valence-corrected chi connectivity index (χ1v) is 9.32. The van der Waals surface area contributed by atoms with Gasteiger partial charge in [-0.2, -0.15) is 15.3 Å². The van der Waals surface area contributed by atoms with E-state index < -0.39 is 0 Å². The third-order valence-corrected chi connectivity index (χ3v) is 4.66. The number of carbonyl (C=O) groups is 1. The van der Waals surface area contributed by atoms with Crippen molar-refractivity contribution in [2.24, 2.45) is 15.3 Å². The quantitative estimate of drug-likeness (QED) is 0.603. The molecule has 1 aliphatic rings. The highest BCUT2D eigenvalue weighted by Gasteiger charge is 2.18. The average molecular weight is 367 g/mol. The van der Waals surface area contributed by atoms with Crippen molar-refractivity contribution in [3.05, 3.63) is 29.3 Å². The molecule has 1 aromatic heterocycles. The van der Waals surface area contributed by atoms with Crippen LogP contribution in [0.2, 0.25) is 0 Å². The number of rotatable bonds is 6. The minimum atomic E-state index is -0.0669.